The van der Waals surface area contributed by atoms with Gasteiger partial charge in [0.2, 0.25) is 0 Å². The van der Waals surface area contributed by atoms with Gasteiger partial charge in [-0.1, -0.05) is 12.1 Å². The Bertz CT molecular complexity index is 422. The van der Waals surface area contributed by atoms with Gasteiger partial charge >= 0.3 is 0 Å². The van der Waals surface area contributed by atoms with Crippen molar-refractivity contribution in [3.63, 3.8) is 0 Å². The van der Waals surface area contributed by atoms with E-state index in [1.165, 1.54) is 6.07 Å². The smallest absolute Gasteiger partial charge is 0.146 e. The first-order chi connectivity index (χ1) is 8.41. The van der Waals surface area contributed by atoms with Gasteiger partial charge in [0.25, 0.3) is 0 Å². The standard InChI is InChI=1S/C14H20FNO2/c1-10(17)11-4-3-5-12(15)13(11)16-8-6-14(2,18)7-9-16/h3-5,10,17-18H,6-9H2,1-2H3. The molecule has 2 rings (SSSR count). The summed E-state index contributed by atoms with van der Waals surface area (Å²) in [5.74, 6) is -0.310. The maximum absolute atomic E-state index is 14.0. The number of anilines is 1. The molecular weight excluding hydrogens is 233 g/mol. The quantitative estimate of drug-likeness (QED) is 0.849. The van der Waals surface area contributed by atoms with Crippen molar-refractivity contribution in [2.75, 3.05) is 18.0 Å². The number of rotatable bonds is 2. The van der Waals surface area contributed by atoms with Crippen molar-refractivity contribution in [1.29, 1.82) is 0 Å². The molecule has 100 valence electrons. The van der Waals surface area contributed by atoms with Crippen molar-refractivity contribution in [1.82, 2.24) is 0 Å². The minimum atomic E-state index is -0.696. The molecule has 0 aromatic heterocycles. The fourth-order valence-corrected chi connectivity index (χ4v) is 2.41. The van der Waals surface area contributed by atoms with Gasteiger partial charge in [0, 0.05) is 18.7 Å². The van der Waals surface area contributed by atoms with Gasteiger partial charge < -0.3 is 15.1 Å². The number of hydrogen-bond donors (Lipinski definition) is 2. The molecule has 1 unspecified atom stereocenters. The van der Waals surface area contributed by atoms with Crippen LogP contribution in [-0.2, 0) is 0 Å². The number of piperidine rings is 1. The SMILES string of the molecule is CC(O)c1cccc(F)c1N1CCC(C)(O)CC1. The van der Waals surface area contributed by atoms with Gasteiger partial charge in [0.15, 0.2) is 0 Å². The summed E-state index contributed by atoms with van der Waals surface area (Å²) in [6.45, 7) is 4.65. The molecule has 3 nitrogen and oxygen atoms in total. The predicted octanol–water partition coefficient (Wildman–Crippen LogP) is 2.23. The van der Waals surface area contributed by atoms with Crippen LogP contribution in [0.3, 0.4) is 0 Å². The first kappa shape index (κ1) is 13.3. The molecule has 0 radical (unpaired) electrons. The van der Waals surface area contributed by atoms with Crippen molar-refractivity contribution < 1.29 is 14.6 Å². The van der Waals surface area contributed by atoms with Gasteiger partial charge in [0.05, 0.1) is 17.4 Å². The monoisotopic (exact) mass is 253 g/mol. The van der Waals surface area contributed by atoms with Gasteiger partial charge in [-0.25, -0.2) is 4.39 Å². The Morgan fingerprint density at radius 2 is 1.94 bits per heavy atom. The van der Waals surface area contributed by atoms with Crippen LogP contribution in [0.2, 0.25) is 0 Å². The molecule has 4 heteroatoms. The molecule has 18 heavy (non-hydrogen) atoms. The number of aliphatic hydroxyl groups excluding tert-OH is 1. The van der Waals surface area contributed by atoms with Crippen LogP contribution in [0, 0.1) is 5.82 Å². The van der Waals surface area contributed by atoms with E-state index in [1.807, 2.05) is 4.90 Å². The van der Waals surface area contributed by atoms with E-state index in [9.17, 15) is 14.6 Å². The maximum Gasteiger partial charge on any atom is 0.146 e. The van der Waals surface area contributed by atoms with Crippen LogP contribution in [0.25, 0.3) is 0 Å². The van der Waals surface area contributed by atoms with E-state index in [-0.39, 0.29) is 5.82 Å². The Morgan fingerprint density at radius 1 is 1.33 bits per heavy atom. The molecule has 1 aliphatic rings. The zero-order chi connectivity index (χ0) is 13.3. The molecule has 0 saturated carbocycles. The Balaban J connectivity index is 2.28. The lowest BCUT2D eigenvalue weighted by Crippen LogP contribution is -2.43. The van der Waals surface area contributed by atoms with Crippen LogP contribution in [-0.4, -0.2) is 28.9 Å². The number of halogens is 1. The van der Waals surface area contributed by atoms with Crippen LogP contribution in [0.5, 0.6) is 0 Å². The Kier molecular flexibility index (Phi) is 3.59. The molecule has 1 fully saturated rings. The minimum Gasteiger partial charge on any atom is -0.390 e. The first-order valence-electron chi connectivity index (χ1n) is 6.34. The van der Waals surface area contributed by atoms with Crippen LogP contribution in [0.1, 0.15) is 38.4 Å². The molecule has 1 aliphatic heterocycles. The summed E-state index contributed by atoms with van der Waals surface area (Å²) in [6.07, 6.45) is 0.527. The second kappa shape index (κ2) is 4.86. The number of aliphatic hydroxyl groups is 2. The van der Waals surface area contributed by atoms with E-state index in [1.54, 1.807) is 26.0 Å². The van der Waals surface area contributed by atoms with Crippen LogP contribution in [0.15, 0.2) is 18.2 Å². The molecular formula is C14H20FNO2. The van der Waals surface area contributed by atoms with Crippen molar-refractivity contribution in [2.24, 2.45) is 0 Å². The summed E-state index contributed by atoms with van der Waals surface area (Å²) in [5, 5.41) is 19.6. The van der Waals surface area contributed by atoms with Crippen molar-refractivity contribution >= 4 is 5.69 Å². The summed E-state index contributed by atoms with van der Waals surface area (Å²) in [7, 11) is 0. The van der Waals surface area contributed by atoms with Crippen LogP contribution >= 0.6 is 0 Å². The highest BCUT2D eigenvalue weighted by Crippen LogP contribution is 2.33. The fraction of sp³-hybridized carbons (Fsp3) is 0.571. The van der Waals surface area contributed by atoms with Crippen LogP contribution < -0.4 is 4.90 Å². The lowest BCUT2D eigenvalue weighted by atomic mass is 9.93. The summed E-state index contributed by atoms with van der Waals surface area (Å²) in [5.41, 5.74) is 0.423. The van der Waals surface area contributed by atoms with Gasteiger partial charge in [-0.15, -0.1) is 0 Å². The van der Waals surface area contributed by atoms with Crippen molar-refractivity contribution in [3.05, 3.63) is 29.6 Å². The number of benzene rings is 1. The Hall–Kier alpha value is -1.13. The highest BCUT2D eigenvalue weighted by molar-refractivity contribution is 5.56. The third-order valence-corrected chi connectivity index (χ3v) is 3.62. The summed E-state index contributed by atoms with van der Waals surface area (Å²) in [6, 6.07) is 4.77. The molecule has 1 heterocycles. The molecule has 0 aliphatic carbocycles. The maximum atomic E-state index is 14.0. The third-order valence-electron chi connectivity index (χ3n) is 3.62. The topological polar surface area (TPSA) is 43.7 Å². The first-order valence-corrected chi connectivity index (χ1v) is 6.34. The predicted molar refractivity (Wildman–Crippen MR) is 69.1 cm³/mol. The molecule has 1 aromatic rings. The fourth-order valence-electron chi connectivity index (χ4n) is 2.41. The second-order valence-corrected chi connectivity index (χ2v) is 5.34. The Morgan fingerprint density at radius 3 is 2.50 bits per heavy atom. The minimum absolute atomic E-state index is 0.310. The van der Waals surface area contributed by atoms with E-state index in [2.05, 4.69) is 0 Å². The van der Waals surface area contributed by atoms with E-state index >= 15 is 0 Å². The number of nitrogens with zero attached hydrogens (tertiary/aromatic N) is 1. The highest BCUT2D eigenvalue weighted by Gasteiger charge is 2.29. The molecule has 0 amide bonds. The number of hydrogen-bond acceptors (Lipinski definition) is 3. The lowest BCUT2D eigenvalue weighted by Gasteiger charge is -2.38. The summed E-state index contributed by atoms with van der Waals surface area (Å²) < 4.78 is 14.0. The lowest BCUT2D eigenvalue weighted by molar-refractivity contribution is 0.0349. The van der Waals surface area contributed by atoms with E-state index < -0.39 is 11.7 Å². The molecule has 1 atom stereocenters. The summed E-state index contributed by atoms with van der Waals surface area (Å²) in [4.78, 5) is 1.91. The average Bonchev–Trinajstić information content (AvgIpc) is 2.29. The third kappa shape index (κ3) is 2.65. The van der Waals surface area contributed by atoms with Gasteiger partial charge in [-0.05, 0) is 32.8 Å². The van der Waals surface area contributed by atoms with Gasteiger partial charge in [-0.2, -0.15) is 0 Å². The Labute approximate surface area is 107 Å². The molecule has 0 spiro atoms. The molecule has 1 saturated heterocycles. The van der Waals surface area contributed by atoms with E-state index in [0.717, 1.165) is 0 Å². The van der Waals surface area contributed by atoms with Crippen molar-refractivity contribution in [3.8, 4) is 0 Å². The molecule has 2 N–H and O–H groups in total. The summed E-state index contributed by atoms with van der Waals surface area (Å²) >= 11 is 0. The number of para-hydroxylation sites is 1. The van der Waals surface area contributed by atoms with Gasteiger partial charge in [0.1, 0.15) is 5.82 Å². The van der Waals surface area contributed by atoms with E-state index in [0.29, 0.717) is 37.2 Å². The highest BCUT2D eigenvalue weighted by atomic mass is 19.1. The largest absolute Gasteiger partial charge is 0.390 e. The average molecular weight is 253 g/mol. The molecule has 0 bridgehead atoms. The van der Waals surface area contributed by atoms with Gasteiger partial charge in [-0.3, -0.25) is 0 Å². The van der Waals surface area contributed by atoms with E-state index in [4.69, 9.17) is 0 Å². The normalized spacial score (nSPS) is 20.8. The zero-order valence-electron chi connectivity index (χ0n) is 10.9. The van der Waals surface area contributed by atoms with Crippen LogP contribution in [0.4, 0.5) is 10.1 Å². The molecule has 1 aromatic carbocycles. The second-order valence-electron chi connectivity index (χ2n) is 5.34. The van der Waals surface area contributed by atoms with Crippen molar-refractivity contribution in [2.45, 2.75) is 38.4 Å². The zero-order valence-corrected chi connectivity index (χ0v) is 10.9.